The fraction of sp³-hybridized carbons (Fsp3) is 0.278. The highest BCUT2D eigenvalue weighted by atomic mass is 19.4. The monoisotopic (exact) mass is 394 g/mol. The van der Waals surface area contributed by atoms with Crippen LogP contribution in [0.25, 0.3) is 11.0 Å². The molecule has 0 spiro atoms. The second kappa shape index (κ2) is 7.75. The van der Waals surface area contributed by atoms with Crippen molar-refractivity contribution in [2.45, 2.75) is 25.7 Å². The number of ether oxygens (including phenoxy) is 1. The zero-order chi connectivity index (χ0) is 20.3. The first-order valence-electron chi connectivity index (χ1n) is 8.41. The molecule has 7 nitrogen and oxygen atoms in total. The molecule has 0 saturated carbocycles. The lowest BCUT2D eigenvalue weighted by molar-refractivity contribution is -0.190. The standard InChI is InChI=1S/C18H17F3N4O3/c1-11(18(19,20)21)28-16-12(5-4-8-23-16)15(26)22-9-10-25-14-7-3-2-6-13(14)24-17(25)27/h2-8,11H,9-10H2,1H3,(H,22,26)(H,24,27). The van der Waals surface area contributed by atoms with Crippen molar-refractivity contribution < 1.29 is 22.7 Å². The van der Waals surface area contributed by atoms with Crippen LogP contribution in [0.5, 0.6) is 5.88 Å². The zero-order valence-corrected chi connectivity index (χ0v) is 14.8. The van der Waals surface area contributed by atoms with Crippen molar-refractivity contribution >= 4 is 16.9 Å². The van der Waals surface area contributed by atoms with Crippen molar-refractivity contribution in [3.63, 3.8) is 0 Å². The van der Waals surface area contributed by atoms with Gasteiger partial charge < -0.3 is 15.0 Å². The number of amides is 1. The Morgan fingerprint density at radius 3 is 2.79 bits per heavy atom. The third kappa shape index (κ3) is 4.16. The minimum atomic E-state index is -4.58. The van der Waals surface area contributed by atoms with Crippen molar-refractivity contribution in [2.75, 3.05) is 6.54 Å². The Balaban J connectivity index is 1.69. The van der Waals surface area contributed by atoms with Gasteiger partial charge in [0.15, 0.2) is 6.10 Å². The lowest BCUT2D eigenvalue weighted by atomic mass is 10.2. The Labute approximate surface area is 157 Å². The average Bonchev–Trinajstić information content (AvgIpc) is 2.97. The van der Waals surface area contributed by atoms with Gasteiger partial charge in [0, 0.05) is 19.3 Å². The molecule has 1 atom stereocenters. The molecule has 2 heterocycles. The van der Waals surface area contributed by atoms with Crippen LogP contribution < -0.4 is 15.7 Å². The SMILES string of the molecule is CC(Oc1ncccc1C(=O)NCCn1c(=O)[nH]c2ccccc21)C(F)(F)F. The maximum atomic E-state index is 12.7. The van der Waals surface area contributed by atoms with E-state index >= 15 is 0 Å². The Hall–Kier alpha value is -3.30. The van der Waals surface area contributed by atoms with E-state index in [1.54, 1.807) is 24.3 Å². The molecule has 1 amide bonds. The number of aromatic nitrogens is 3. The summed E-state index contributed by atoms with van der Waals surface area (Å²) >= 11 is 0. The van der Waals surface area contributed by atoms with Gasteiger partial charge in [0.2, 0.25) is 5.88 Å². The molecule has 0 aliphatic carbocycles. The van der Waals surface area contributed by atoms with E-state index in [9.17, 15) is 22.8 Å². The Kier molecular flexibility index (Phi) is 5.39. The molecular weight excluding hydrogens is 377 g/mol. The fourth-order valence-corrected chi connectivity index (χ4v) is 2.60. The van der Waals surface area contributed by atoms with Crippen LogP contribution in [0.15, 0.2) is 47.4 Å². The van der Waals surface area contributed by atoms with Crippen molar-refractivity contribution in [1.29, 1.82) is 0 Å². The molecule has 1 aromatic carbocycles. The molecule has 28 heavy (non-hydrogen) atoms. The molecular formula is C18H17F3N4O3. The lowest BCUT2D eigenvalue weighted by Crippen LogP contribution is -2.33. The van der Waals surface area contributed by atoms with E-state index in [1.165, 1.54) is 22.9 Å². The van der Waals surface area contributed by atoms with E-state index < -0.39 is 24.1 Å². The normalized spacial score (nSPS) is 12.7. The van der Waals surface area contributed by atoms with Crippen molar-refractivity contribution in [3.8, 4) is 5.88 Å². The molecule has 2 N–H and O–H groups in total. The maximum Gasteiger partial charge on any atom is 0.425 e. The van der Waals surface area contributed by atoms with Crippen LogP contribution in [0.4, 0.5) is 13.2 Å². The summed E-state index contributed by atoms with van der Waals surface area (Å²) in [6.45, 7) is 1.10. The summed E-state index contributed by atoms with van der Waals surface area (Å²) in [6.07, 6.45) is -5.46. The van der Waals surface area contributed by atoms with Gasteiger partial charge in [0.1, 0.15) is 5.56 Å². The third-order valence-electron chi connectivity index (χ3n) is 4.07. The van der Waals surface area contributed by atoms with Crippen molar-refractivity contribution in [3.05, 3.63) is 58.6 Å². The van der Waals surface area contributed by atoms with Gasteiger partial charge in [-0.3, -0.25) is 9.36 Å². The second-order valence-electron chi connectivity index (χ2n) is 6.01. The van der Waals surface area contributed by atoms with Gasteiger partial charge in [-0.2, -0.15) is 13.2 Å². The van der Waals surface area contributed by atoms with Gasteiger partial charge in [-0.1, -0.05) is 12.1 Å². The number of hydrogen-bond donors (Lipinski definition) is 2. The van der Waals surface area contributed by atoms with Crippen LogP contribution in [0.2, 0.25) is 0 Å². The van der Waals surface area contributed by atoms with Crippen molar-refractivity contribution in [2.24, 2.45) is 0 Å². The Morgan fingerprint density at radius 1 is 1.29 bits per heavy atom. The first-order valence-corrected chi connectivity index (χ1v) is 8.41. The highest BCUT2D eigenvalue weighted by Gasteiger charge is 2.38. The number of para-hydroxylation sites is 2. The van der Waals surface area contributed by atoms with Crippen LogP contribution in [-0.2, 0) is 6.54 Å². The smallest absolute Gasteiger partial charge is 0.425 e. The maximum absolute atomic E-state index is 12.7. The number of rotatable bonds is 6. The molecule has 0 bridgehead atoms. The first-order chi connectivity index (χ1) is 13.3. The Morgan fingerprint density at radius 2 is 2.04 bits per heavy atom. The zero-order valence-electron chi connectivity index (χ0n) is 14.8. The third-order valence-corrected chi connectivity index (χ3v) is 4.07. The molecule has 3 rings (SSSR count). The number of H-pyrrole nitrogens is 1. The number of benzene rings is 1. The topological polar surface area (TPSA) is 89.0 Å². The summed E-state index contributed by atoms with van der Waals surface area (Å²) in [5.74, 6) is -1.06. The molecule has 10 heteroatoms. The summed E-state index contributed by atoms with van der Waals surface area (Å²) in [4.78, 5) is 30.8. The molecule has 0 aliphatic heterocycles. The molecule has 2 aromatic heterocycles. The minimum Gasteiger partial charge on any atom is -0.464 e. The molecule has 0 saturated heterocycles. The van der Waals surface area contributed by atoms with Crippen LogP contribution in [0.1, 0.15) is 17.3 Å². The quantitative estimate of drug-likeness (QED) is 0.672. The number of alkyl halides is 3. The summed E-state index contributed by atoms with van der Waals surface area (Å²) in [5.41, 5.74) is 0.916. The fourth-order valence-electron chi connectivity index (χ4n) is 2.60. The molecule has 1 unspecified atom stereocenters. The van der Waals surface area contributed by atoms with Gasteiger partial charge in [-0.05, 0) is 31.2 Å². The molecule has 148 valence electrons. The number of carbonyl (C=O) groups excluding carboxylic acids is 1. The Bertz CT molecular complexity index is 1040. The number of fused-ring (bicyclic) bond motifs is 1. The highest BCUT2D eigenvalue weighted by Crippen LogP contribution is 2.25. The number of nitrogens with one attached hydrogen (secondary N) is 2. The van der Waals surface area contributed by atoms with Crippen LogP contribution in [0, 0.1) is 0 Å². The number of aromatic amines is 1. The summed E-state index contributed by atoms with van der Waals surface area (Å²) in [5, 5.41) is 2.57. The summed E-state index contributed by atoms with van der Waals surface area (Å²) in [6, 6.07) is 9.83. The van der Waals surface area contributed by atoms with E-state index in [4.69, 9.17) is 4.74 Å². The summed E-state index contributed by atoms with van der Waals surface area (Å²) in [7, 11) is 0. The van der Waals surface area contributed by atoms with E-state index in [-0.39, 0.29) is 24.3 Å². The van der Waals surface area contributed by atoms with Crippen molar-refractivity contribution in [1.82, 2.24) is 19.9 Å². The van der Waals surface area contributed by atoms with Gasteiger partial charge in [0.05, 0.1) is 11.0 Å². The van der Waals surface area contributed by atoms with Crippen LogP contribution in [-0.4, -0.2) is 39.3 Å². The van der Waals surface area contributed by atoms with E-state index in [2.05, 4.69) is 15.3 Å². The molecule has 0 radical (unpaired) electrons. The number of carbonyl (C=O) groups is 1. The van der Waals surface area contributed by atoms with E-state index in [0.717, 1.165) is 6.92 Å². The van der Waals surface area contributed by atoms with Gasteiger partial charge >= 0.3 is 11.9 Å². The average molecular weight is 394 g/mol. The number of pyridine rings is 1. The minimum absolute atomic E-state index is 0.0870. The first kappa shape index (κ1) is 19.5. The van der Waals surface area contributed by atoms with Gasteiger partial charge in [-0.15, -0.1) is 0 Å². The highest BCUT2D eigenvalue weighted by molar-refractivity contribution is 5.96. The number of imidazole rings is 1. The molecule has 0 aliphatic rings. The van der Waals surface area contributed by atoms with Crippen LogP contribution >= 0.6 is 0 Å². The number of nitrogens with zero attached hydrogens (tertiary/aromatic N) is 2. The largest absolute Gasteiger partial charge is 0.464 e. The predicted molar refractivity (Wildman–Crippen MR) is 95.3 cm³/mol. The lowest BCUT2D eigenvalue weighted by Gasteiger charge is -2.18. The van der Waals surface area contributed by atoms with Gasteiger partial charge in [0.25, 0.3) is 5.91 Å². The number of hydrogen-bond acceptors (Lipinski definition) is 4. The second-order valence-corrected chi connectivity index (χ2v) is 6.01. The van der Waals surface area contributed by atoms with E-state index in [0.29, 0.717) is 11.0 Å². The van der Waals surface area contributed by atoms with Gasteiger partial charge in [-0.25, -0.2) is 9.78 Å². The predicted octanol–water partition coefficient (Wildman–Crippen LogP) is 2.48. The number of halogens is 3. The molecule has 0 fully saturated rings. The van der Waals surface area contributed by atoms with E-state index in [1.807, 2.05) is 0 Å². The van der Waals surface area contributed by atoms with Crippen LogP contribution in [0.3, 0.4) is 0 Å². The summed E-state index contributed by atoms with van der Waals surface area (Å²) < 4.78 is 44.4. The molecule has 3 aromatic rings.